The molecule has 130 valence electrons. The van der Waals surface area contributed by atoms with Crippen molar-refractivity contribution in [1.29, 1.82) is 0 Å². The molecule has 1 fully saturated rings. The number of carbonyl (C=O) groups is 1. The van der Waals surface area contributed by atoms with Crippen molar-refractivity contribution >= 4 is 5.91 Å². The number of piperidine rings is 1. The molecule has 7 nitrogen and oxygen atoms in total. The summed E-state index contributed by atoms with van der Waals surface area (Å²) in [5.74, 6) is 1.50. The zero-order valence-electron chi connectivity index (χ0n) is 14.5. The van der Waals surface area contributed by atoms with Gasteiger partial charge in [0.05, 0.1) is 6.54 Å². The number of aromatic amines is 1. The number of hydrogen-bond donors (Lipinski definition) is 2. The maximum absolute atomic E-state index is 12.1. The maximum Gasteiger partial charge on any atom is 0.271 e. The molecule has 0 spiro atoms. The Hall–Kier alpha value is -2.15. The number of rotatable bonds is 6. The molecule has 3 rings (SSSR count). The van der Waals surface area contributed by atoms with Crippen LogP contribution in [-0.2, 0) is 13.1 Å². The van der Waals surface area contributed by atoms with Gasteiger partial charge in [-0.05, 0) is 45.2 Å². The molecule has 0 aromatic carbocycles. The third kappa shape index (κ3) is 4.03. The van der Waals surface area contributed by atoms with E-state index in [9.17, 15) is 4.79 Å². The molecular formula is C17H26N6O. The second-order valence-corrected chi connectivity index (χ2v) is 6.52. The van der Waals surface area contributed by atoms with Crippen molar-refractivity contribution in [3.8, 4) is 0 Å². The molecule has 1 saturated heterocycles. The van der Waals surface area contributed by atoms with E-state index in [0.29, 0.717) is 18.2 Å². The van der Waals surface area contributed by atoms with Crippen molar-refractivity contribution in [1.82, 2.24) is 30.0 Å². The molecule has 1 aliphatic heterocycles. The van der Waals surface area contributed by atoms with Crippen molar-refractivity contribution in [2.45, 2.75) is 39.8 Å². The first kappa shape index (κ1) is 16.7. The Morgan fingerprint density at radius 2 is 2.38 bits per heavy atom. The minimum absolute atomic E-state index is 0.0991. The van der Waals surface area contributed by atoms with E-state index in [-0.39, 0.29) is 5.91 Å². The molecule has 2 aromatic rings. The van der Waals surface area contributed by atoms with Crippen LogP contribution in [0.2, 0.25) is 0 Å². The first-order valence-electron chi connectivity index (χ1n) is 8.68. The summed E-state index contributed by atoms with van der Waals surface area (Å²) in [6.07, 6.45) is 6.21. The lowest BCUT2D eigenvalue weighted by Crippen LogP contribution is -2.41. The van der Waals surface area contributed by atoms with Crippen molar-refractivity contribution in [3.63, 3.8) is 0 Å². The fraction of sp³-hybridized carbons (Fsp3) is 0.588. The molecule has 0 radical (unpaired) electrons. The lowest BCUT2D eigenvalue weighted by Gasteiger charge is -2.32. The SMILES string of the molecule is CCn1ccnc1CN1CCC[C@@H](CNC(=O)c2cc(C)[nH]n2)C1. The largest absolute Gasteiger partial charge is 0.350 e. The number of nitrogens with zero attached hydrogens (tertiary/aromatic N) is 4. The second kappa shape index (κ2) is 7.61. The van der Waals surface area contributed by atoms with Crippen molar-refractivity contribution in [3.05, 3.63) is 35.7 Å². The van der Waals surface area contributed by atoms with Gasteiger partial charge in [-0.3, -0.25) is 14.8 Å². The topological polar surface area (TPSA) is 78.8 Å². The van der Waals surface area contributed by atoms with Crippen LogP contribution in [0.25, 0.3) is 0 Å². The van der Waals surface area contributed by atoms with E-state index >= 15 is 0 Å². The van der Waals surface area contributed by atoms with Gasteiger partial charge in [0.2, 0.25) is 0 Å². The van der Waals surface area contributed by atoms with Crippen LogP contribution < -0.4 is 5.32 Å². The summed E-state index contributed by atoms with van der Waals surface area (Å²) in [6, 6.07) is 1.77. The first-order chi connectivity index (χ1) is 11.7. The summed E-state index contributed by atoms with van der Waals surface area (Å²) in [5, 5.41) is 9.82. The number of nitrogens with one attached hydrogen (secondary N) is 2. The Bertz CT molecular complexity index is 676. The number of amides is 1. The van der Waals surface area contributed by atoms with Gasteiger partial charge >= 0.3 is 0 Å². The minimum atomic E-state index is -0.0991. The molecule has 0 bridgehead atoms. The Kier molecular flexibility index (Phi) is 5.30. The van der Waals surface area contributed by atoms with Crippen LogP contribution in [0.4, 0.5) is 0 Å². The standard InChI is InChI=1S/C17H26N6O/c1-3-23-8-6-18-16(23)12-22-7-4-5-14(11-22)10-19-17(24)15-9-13(2)20-21-15/h6,8-9,14H,3-5,7,10-12H2,1-2H3,(H,19,24)(H,20,21)/t14-/m0/s1. The normalized spacial score (nSPS) is 18.7. The minimum Gasteiger partial charge on any atom is -0.350 e. The van der Waals surface area contributed by atoms with Crippen LogP contribution in [0.5, 0.6) is 0 Å². The fourth-order valence-electron chi connectivity index (χ4n) is 3.30. The average molecular weight is 330 g/mol. The van der Waals surface area contributed by atoms with Crippen LogP contribution in [-0.4, -0.2) is 50.2 Å². The molecule has 0 unspecified atom stereocenters. The number of imidazole rings is 1. The molecule has 2 N–H and O–H groups in total. The van der Waals surface area contributed by atoms with Crippen molar-refractivity contribution in [2.75, 3.05) is 19.6 Å². The smallest absolute Gasteiger partial charge is 0.271 e. The van der Waals surface area contributed by atoms with E-state index in [1.165, 1.54) is 0 Å². The van der Waals surface area contributed by atoms with Gasteiger partial charge in [-0.1, -0.05) is 0 Å². The van der Waals surface area contributed by atoms with E-state index in [1.807, 2.05) is 19.3 Å². The summed E-state index contributed by atoms with van der Waals surface area (Å²) in [7, 11) is 0. The van der Waals surface area contributed by atoms with Gasteiger partial charge in [-0.15, -0.1) is 0 Å². The number of hydrogen-bond acceptors (Lipinski definition) is 4. The molecule has 7 heteroatoms. The Morgan fingerprint density at radius 1 is 1.50 bits per heavy atom. The van der Waals surface area contributed by atoms with E-state index < -0.39 is 0 Å². The Morgan fingerprint density at radius 3 is 3.12 bits per heavy atom. The highest BCUT2D eigenvalue weighted by Crippen LogP contribution is 2.18. The van der Waals surface area contributed by atoms with Gasteiger partial charge in [-0.25, -0.2) is 4.98 Å². The van der Waals surface area contributed by atoms with Crippen LogP contribution in [0.3, 0.4) is 0 Å². The predicted molar refractivity (Wildman–Crippen MR) is 91.6 cm³/mol. The summed E-state index contributed by atoms with van der Waals surface area (Å²) in [6.45, 7) is 8.65. The molecule has 1 amide bonds. The molecule has 0 saturated carbocycles. The number of carbonyl (C=O) groups excluding carboxylic acids is 1. The Labute approximate surface area is 142 Å². The highest BCUT2D eigenvalue weighted by Gasteiger charge is 2.22. The van der Waals surface area contributed by atoms with Crippen LogP contribution >= 0.6 is 0 Å². The van der Waals surface area contributed by atoms with E-state index in [4.69, 9.17) is 0 Å². The van der Waals surface area contributed by atoms with Crippen LogP contribution in [0.15, 0.2) is 18.5 Å². The fourth-order valence-corrected chi connectivity index (χ4v) is 3.30. The van der Waals surface area contributed by atoms with Gasteiger partial charge in [0, 0.05) is 37.7 Å². The zero-order valence-corrected chi connectivity index (χ0v) is 14.5. The summed E-state index contributed by atoms with van der Waals surface area (Å²) < 4.78 is 2.19. The van der Waals surface area contributed by atoms with Crippen molar-refractivity contribution < 1.29 is 4.79 Å². The monoisotopic (exact) mass is 330 g/mol. The van der Waals surface area contributed by atoms with E-state index in [1.54, 1.807) is 6.07 Å². The highest BCUT2D eigenvalue weighted by molar-refractivity contribution is 5.92. The number of aromatic nitrogens is 4. The van der Waals surface area contributed by atoms with Crippen LogP contribution in [0, 0.1) is 12.8 Å². The molecular weight excluding hydrogens is 304 g/mol. The van der Waals surface area contributed by atoms with Gasteiger partial charge in [-0.2, -0.15) is 5.10 Å². The van der Waals surface area contributed by atoms with Crippen LogP contribution in [0.1, 0.15) is 41.8 Å². The quantitative estimate of drug-likeness (QED) is 0.843. The third-order valence-electron chi connectivity index (χ3n) is 4.60. The van der Waals surface area contributed by atoms with Gasteiger partial charge < -0.3 is 9.88 Å². The highest BCUT2D eigenvalue weighted by atomic mass is 16.1. The molecule has 0 aliphatic carbocycles. The van der Waals surface area contributed by atoms with E-state index in [2.05, 4.69) is 36.9 Å². The van der Waals surface area contributed by atoms with Gasteiger partial charge in [0.15, 0.2) is 0 Å². The lowest BCUT2D eigenvalue weighted by atomic mass is 9.98. The molecule has 2 aromatic heterocycles. The summed E-state index contributed by atoms with van der Waals surface area (Å²) in [5.41, 5.74) is 1.36. The third-order valence-corrected chi connectivity index (χ3v) is 4.60. The van der Waals surface area contributed by atoms with Crippen molar-refractivity contribution in [2.24, 2.45) is 5.92 Å². The lowest BCUT2D eigenvalue weighted by molar-refractivity contribution is 0.0924. The first-order valence-corrected chi connectivity index (χ1v) is 8.68. The second-order valence-electron chi connectivity index (χ2n) is 6.52. The maximum atomic E-state index is 12.1. The molecule has 1 atom stereocenters. The number of likely N-dealkylation sites (tertiary alicyclic amines) is 1. The predicted octanol–water partition coefficient (Wildman–Crippen LogP) is 1.58. The number of aryl methyl sites for hydroxylation is 2. The average Bonchev–Trinajstić information content (AvgIpc) is 3.21. The molecule has 1 aliphatic rings. The summed E-state index contributed by atoms with van der Waals surface area (Å²) >= 11 is 0. The summed E-state index contributed by atoms with van der Waals surface area (Å²) in [4.78, 5) is 19.0. The Balaban J connectivity index is 1.49. The molecule has 24 heavy (non-hydrogen) atoms. The van der Waals surface area contributed by atoms with Gasteiger partial charge in [0.25, 0.3) is 5.91 Å². The van der Waals surface area contributed by atoms with Gasteiger partial charge in [0.1, 0.15) is 11.5 Å². The molecule has 3 heterocycles. The zero-order chi connectivity index (χ0) is 16.9. The number of H-pyrrole nitrogens is 1. The van der Waals surface area contributed by atoms with E-state index in [0.717, 1.165) is 50.5 Å².